The highest BCUT2D eigenvalue weighted by molar-refractivity contribution is 6.01. The van der Waals surface area contributed by atoms with Crippen LogP contribution in [-0.4, -0.2) is 209 Å². The lowest BCUT2D eigenvalue weighted by atomic mass is 10.0. The number of amides is 10. The Morgan fingerprint density at radius 3 is 1.20 bits per heavy atom. The van der Waals surface area contributed by atoms with Crippen LogP contribution in [0.2, 0.25) is 0 Å². The third-order valence-electron chi connectivity index (χ3n) is 12.1. The number of aromatic nitrogens is 1. The van der Waals surface area contributed by atoms with Crippen molar-refractivity contribution in [2.75, 3.05) is 13.2 Å². The van der Waals surface area contributed by atoms with Crippen LogP contribution in [0.1, 0.15) is 83.1 Å². The predicted octanol–water partition coefficient (Wildman–Crippen LogP) is -7.15. The maximum absolute atomic E-state index is 14.1. The quantitative estimate of drug-likeness (QED) is 0.0167. The fourth-order valence-electron chi connectivity index (χ4n) is 7.92. The van der Waals surface area contributed by atoms with Gasteiger partial charge in [0.2, 0.25) is 59.1 Å². The molecule has 37 nitrogen and oxygen atoms in total. The Morgan fingerprint density at radius 2 is 0.837 bits per heavy atom. The molecule has 23 N–H and O–H groups in total. The number of para-hydroxylation sites is 1. The van der Waals surface area contributed by atoms with E-state index in [0.717, 1.165) is 6.92 Å². The topological polar surface area (TPSA) is 627 Å². The molecule has 0 saturated carbocycles. The van der Waals surface area contributed by atoms with Crippen LogP contribution in [0.25, 0.3) is 10.9 Å². The van der Waals surface area contributed by atoms with E-state index < -0.39 is 226 Å². The number of aromatic amines is 1. The Bertz CT molecular complexity index is 2880. The van der Waals surface area contributed by atoms with Gasteiger partial charge in [0.1, 0.15) is 54.4 Å². The zero-order valence-corrected chi connectivity index (χ0v) is 45.8. The molecule has 9 atom stereocenters. The Kier molecular flexibility index (Phi) is 29.6. The Hall–Kier alpha value is -10.5. The molecule has 0 aliphatic carbocycles. The third-order valence-corrected chi connectivity index (χ3v) is 12.1. The lowest BCUT2D eigenvalue weighted by Crippen LogP contribution is -2.61. The van der Waals surface area contributed by atoms with Crippen molar-refractivity contribution in [3.63, 3.8) is 0 Å². The van der Waals surface area contributed by atoms with Crippen LogP contribution in [0.4, 0.5) is 0 Å². The molecule has 1 aromatic carbocycles. The lowest BCUT2D eigenvalue weighted by molar-refractivity contribution is -0.143. The molecular weight excluding hydrogens is 1150 g/mol. The lowest BCUT2D eigenvalue weighted by Gasteiger charge is -2.27. The average molecular weight is 1220 g/mol. The second-order valence-electron chi connectivity index (χ2n) is 19.0. The van der Waals surface area contributed by atoms with Crippen LogP contribution in [0, 0.1) is 5.41 Å². The van der Waals surface area contributed by atoms with Crippen LogP contribution in [0.15, 0.2) is 30.5 Å². The molecule has 0 radical (unpaired) electrons. The standard InChI is InChI=1S/C49H68N14O23/c1-21(65)55-33(20-64)47(84)59-27(9-12-36(69)70)42(79)62-31(18-39(75)76)46(83)60-29(16-34(50)66)44(81)56-25(7-4-14-53-49(51)52)40(77)61-30(17-38(73)74)45(82)58-26(8-11-35(67)68)41(78)57-28(10-13-37(71)72)43(80)63-32(48(85)86)15-22-19-54-24-6-3-2-5-23(22)24/h2-3,5-6,19,25-33,54,64H,4,7-18,20H2,1H3,(H2,50,66)(H,55,65)(H,56,81)(H,57,78)(H,58,82)(H,59,84)(H,60,83)(H,61,77)(H,62,79)(H,63,80)(H,67,68)(H,69,70)(H,71,72)(H,73,74)(H,75,76)(H,85,86)(H4,51,52,53)/t25-,26-,27-,28-,29-,30-,31-,32-,33-/m1/s1. The molecule has 2 rings (SSSR count). The van der Waals surface area contributed by atoms with Gasteiger partial charge >= 0.3 is 35.8 Å². The van der Waals surface area contributed by atoms with Crippen molar-refractivity contribution in [1.82, 2.24) is 58.2 Å². The number of carbonyl (C=O) groups excluding carboxylic acids is 10. The summed E-state index contributed by atoms with van der Waals surface area (Å²) in [6.07, 6.45) is -8.07. The number of aliphatic carboxylic acids is 6. The van der Waals surface area contributed by atoms with Crippen molar-refractivity contribution in [3.8, 4) is 0 Å². The van der Waals surface area contributed by atoms with Crippen molar-refractivity contribution in [3.05, 3.63) is 36.0 Å². The summed E-state index contributed by atoms with van der Waals surface area (Å²) in [5.74, 6) is -23.6. The first kappa shape index (κ1) is 71.6. The molecule has 37 heteroatoms. The zero-order chi connectivity index (χ0) is 65.0. The van der Waals surface area contributed by atoms with Crippen molar-refractivity contribution in [2.24, 2.45) is 11.5 Å². The summed E-state index contributed by atoms with van der Waals surface area (Å²) in [4.78, 5) is 208. The zero-order valence-electron chi connectivity index (χ0n) is 45.8. The number of nitrogens with one attached hydrogen (secondary N) is 12. The molecular formula is C49H68N14O23. The van der Waals surface area contributed by atoms with E-state index in [1.54, 1.807) is 24.3 Å². The number of hydrogen-bond acceptors (Lipinski definition) is 18. The first-order valence-corrected chi connectivity index (χ1v) is 25.9. The number of fused-ring (bicyclic) bond motifs is 1. The van der Waals surface area contributed by atoms with E-state index in [1.165, 1.54) is 6.20 Å². The monoisotopic (exact) mass is 1220 g/mol. The van der Waals surface area contributed by atoms with Gasteiger partial charge in [0, 0.05) is 56.3 Å². The molecule has 0 bridgehead atoms. The van der Waals surface area contributed by atoms with Crippen LogP contribution < -0.4 is 64.6 Å². The average Bonchev–Trinajstić information content (AvgIpc) is 3.30. The maximum atomic E-state index is 14.1. The summed E-state index contributed by atoms with van der Waals surface area (Å²) in [5, 5.41) is 96.5. The molecule has 1 aromatic heterocycles. The minimum absolute atomic E-state index is 0.207. The molecule has 0 aliphatic heterocycles. The van der Waals surface area contributed by atoms with E-state index in [4.69, 9.17) is 16.9 Å². The molecule has 472 valence electrons. The van der Waals surface area contributed by atoms with E-state index in [9.17, 15) is 112 Å². The predicted molar refractivity (Wildman–Crippen MR) is 288 cm³/mol. The van der Waals surface area contributed by atoms with Crippen molar-refractivity contribution in [1.29, 1.82) is 5.41 Å². The molecule has 0 fully saturated rings. The fraction of sp³-hybridized carbons (Fsp3) is 0.490. The van der Waals surface area contributed by atoms with E-state index >= 15 is 0 Å². The van der Waals surface area contributed by atoms with Gasteiger partial charge in [0.25, 0.3) is 0 Å². The first-order chi connectivity index (χ1) is 40.3. The summed E-state index contributed by atoms with van der Waals surface area (Å²) in [5.41, 5.74) is 11.7. The summed E-state index contributed by atoms with van der Waals surface area (Å²) >= 11 is 0. The summed E-state index contributed by atoms with van der Waals surface area (Å²) in [6.45, 7) is -0.250. The number of hydrogen-bond donors (Lipinski definition) is 21. The van der Waals surface area contributed by atoms with Crippen LogP contribution in [0.3, 0.4) is 0 Å². The number of aliphatic hydroxyl groups excluding tert-OH is 1. The van der Waals surface area contributed by atoms with E-state index in [2.05, 4.69) is 42.2 Å². The first-order valence-electron chi connectivity index (χ1n) is 25.9. The maximum Gasteiger partial charge on any atom is 0.326 e. The third kappa shape index (κ3) is 26.2. The van der Waals surface area contributed by atoms with Gasteiger partial charge in [-0.05, 0) is 43.7 Å². The molecule has 1 heterocycles. The van der Waals surface area contributed by atoms with Gasteiger partial charge in [0.05, 0.1) is 25.9 Å². The van der Waals surface area contributed by atoms with Gasteiger partial charge in [-0.2, -0.15) is 0 Å². The Labute approximate surface area is 485 Å². The van der Waals surface area contributed by atoms with E-state index in [1.807, 2.05) is 16.0 Å². The van der Waals surface area contributed by atoms with Crippen LogP contribution >= 0.6 is 0 Å². The second-order valence-corrected chi connectivity index (χ2v) is 19.0. The van der Waals surface area contributed by atoms with Gasteiger partial charge in [0.15, 0.2) is 5.96 Å². The highest BCUT2D eigenvalue weighted by Gasteiger charge is 2.37. The summed E-state index contributed by atoms with van der Waals surface area (Å²) in [6, 6.07) is -11.0. The SMILES string of the molecule is CC(=O)N[C@H](CO)C(=O)N[C@H](CCC(=O)O)C(=O)N[C@H](CC(=O)O)C(=O)N[C@H](CC(N)=O)C(=O)N[C@H](CCCNC(=N)N)C(=O)N[C@H](CC(=O)O)C(=O)N[C@H](CCC(=O)O)C(=O)N[C@H](CCC(=O)O)C(=O)N[C@H](Cc1c[nH]c2ccccc12)C(=O)O. The molecule has 0 aliphatic rings. The van der Waals surface area contributed by atoms with E-state index in [0.29, 0.717) is 16.5 Å². The number of guanidine groups is 1. The normalized spacial score (nSPS) is 13.9. The molecule has 2 aromatic rings. The second kappa shape index (κ2) is 35.5. The number of carboxylic acids is 6. The van der Waals surface area contributed by atoms with Crippen molar-refractivity contribution >= 4 is 112 Å². The fourth-order valence-corrected chi connectivity index (χ4v) is 7.92. The van der Waals surface area contributed by atoms with Gasteiger partial charge in [-0.3, -0.25) is 77.3 Å². The Balaban J connectivity index is 2.50. The van der Waals surface area contributed by atoms with Crippen LogP contribution in [0.5, 0.6) is 0 Å². The molecule has 86 heavy (non-hydrogen) atoms. The van der Waals surface area contributed by atoms with E-state index in [-0.39, 0.29) is 19.4 Å². The minimum atomic E-state index is -2.24. The van der Waals surface area contributed by atoms with Gasteiger partial charge in [-0.15, -0.1) is 0 Å². The molecule has 10 amide bonds. The number of primary amides is 1. The van der Waals surface area contributed by atoms with Crippen molar-refractivity contribution in [2.45, 2.75) is 138 Å². The highest BCUT2D eigenvalue weighted by atomic mass is 16.4. The number of aliphatic hydroxyl groups is 1. The highest BCUT2D eigenvalue weighted by Crippen LogP contribution is 2.20. The van der Waals surface area contributed by atoms with Gasteiger partial charge in [-0.25, -0.2) is 4.79 Å². The van der Waals surface area contributed by atoms with Crippen molar-refractivity contribution < 1.29 is 112 Å². The smallest absolute Gasteiger partial charge is 0.326 e. The summed E-state index contributed by atoms with van der Waals surface area (Å²) < 4.78 is 0. The number of benzene rings is 1. The largest absolute Gasteiger partial charge is 0.481 e. The van der Waals surface area contributed by atoms with Gasteiger partial charge < -0.3 is 105 Å². The van der Waals surface area contributed by atoms with Crippen LogP contribution in [-0.2, 0) is 83.1 Å². The number of carbonyl (C=O) groups is 16. The molecule has 0 spiro atoms. The van der Waals surface area contributed by atoms with Gasteiger partial charge in [-0.1, -0.05) is 18.2 Å². The Morgan fingerprint density at radius 1 is 0.477 bits per heavy atom. The summed E-state index contributed by atoms with van der Waals surface area (Å²) in [7, 11) is 0. The number of H-pyrrole nitrogens is 1. The number of rotatable bonds is 40. The number of carboxylic acid groups (broad SMARTS) is 6. The minimum Gasteiger partial charge on any atom is -0.481 e. The number of nitrogens with two attached hydrogens (primary N) is 2. The molecule has 0 saturated heterocycles. The molecule has 0 unspecified atom stereocenters.